The Morgan fingerprint density at radius 1 is 0.957 bits per heavy atom. The molecule has 1 fully saturated rings. The fourth-order valence-corrected chi connectivity index (χ4v) is 3.46. The minimum atomic E-state index is -0.468. The van der Waals surface area contributed by atoms with Gasteiger partial charge in [0.05, 0.1) is 18.3 Å². The van der Waals surface area contributed by atoms with E-state index in [-0.39, 0.29) is 10.9 Å². The van der Waals surface area contributed by atoms with E-state index in [2.05, 4.69) is 12.1 Å². The van der Waals surface area contributed by atoms with Crippen LogP contribution in [0.2, 0.25) is 0 Å². The fourth-order valence-electron chi connectivity index (χ4n) is 2.56. The second-order valence-corrected chi connectivity index (χ2v) is 6.54. The topological polar surface area (TPSA) is 43.4 Å². The van der Waals surface area contributed by atoms with Crippen molar-refractivity contribution in [1.82, 2.24) is 0 Å². The van der Waals surface area contributed by atoms with Crippen molar-refractivity contribution in [2.45, 2.75) is 12.8 Å². The van der Waals surface area contributed by atoms with Crippen molar-refractivity contribution in [3.05, 3.63) is 65.7 Å². The summed E-state index contributed by atoms with van der Waals surface area (Å²) in [5.74, 6) is 0.709. The van der Waals surface area contributed by atoms with Gasteiger partial charge < -0.3 is 4.74 Å². The zero-order chi connectivity index (χ0) is 16.1. The lowest BCUT2D eigenvalue weighted by Gasteiger charge is -2.09. The lowest BCUT2D eigenvalue weighted by Crippen LogP contribution is -2.17. The van der Waals surface area contributed by atoms with Gasteiger partial charge in [-0.15, -0.1) is 0 Å². The lowest BCUT2D eigenvalue weighted by molar-refractivity contribution is -0.125. The molecule has 1 unspecified atom stereocenters. The van der Waals surface area contributed by atoms with Crippen LogP contribution in [0.3, 0.4) is 0 Å². The Bertz CT molecular complexity index is 664. The van der Waals surface area contributed by atoms with Crippen LogP contribution in [0.5, 0.6) is 5.75 Å². The monoisotopic (exact) mass is 326 g/mol. The van der Waals surface area contributed by atoms with Gasteiger partial charge in [-0.1, -0.05) is 54.2 Å². The largest absolute Gasteiger partial charge is 0.493 e. The highest BCUT2D eigenvalue weighted by Crippen LogP contribution is 2.26. The maximum absolute atomic E-state index is 11.7. The van der Waals surface area contributed by atoms with Crippen LogP contribution in [0.1, 0.15) is 11.1 Å². The molecule has 2 aromatic rings. The Hall–Kier alpha value is -2.07. The average Bonchev–Trinajstić information content (AvgIpc) is 2.89. The summed E-state index contributed by atoms with van der Waals surface area (Å²) in [6.45, 7) is 0.625. The van der Waals surface area contributed by atoms with Gasteiger partial charge in [-0.2, -0.15) is 0 Å². The standard InChI is InChI=1S/C19H18O3S/c20-18-13-23-19(21)17(18)12-15-6-8-16(9-7-15)22-11-10-14-4-2-1-3-5-14/h1-9,17H,10-13H2. The van der Waals surface area contributed by atoms with Gasteiger partial charge >= 0.3 is 0 Å². The van der Waals surface area contributed by atoms with Crippen molar-refractivity contribution in [3.8, 4) is 5.75 Å². The fraction of sp³-hybridized carbons (Fsp3) is 0.263. The van der Waals surface area contributed by atoms with Crippen molar-refractivity contribution in [3.63, 3.8) is 0 Å². The third kappa shape index (κ3) is 4.23. The Labute approximate surface area is 140 Å². The maximum Gasteiger partial charge on any atom is 0.200 e. The van der Waals surface area contributed by atoms with E-state index in [0.29, 0.717) is 18.8 Å². The Kier molecular flexibility index (Phi) is 5.13. The number of benzene rings is 2. The van der Waals surface area contributed by atoms with Crippen molar-refractivity contribution in [2.24, 2.45) is 5.92 Å². The molecule has 1 aliphatic heterocycles. The molecular weight excluding hydrogens is 308 g/mol. The summed E-state index contributed by atoms with van der Waals surface area (Å²) in [5.41, 5.74) is 2.24. The molecule has 3 rings (SSSR count). The van der Waals surface area contributed by atoms with E-state index in [9.17, 15) is 9.59 Å². The summed E-state index contributed by atoms with van der Waals surface area (Å²) in [6, 6.07) is 17.9. The van der Waals surface area contributed by atoms with Crippen LogP contribution in [0.25, 0.3) is 0 Å². The number of Topliss-reactive ketones (excluding diaryl/α,β-unsaturated/α-hetero) is 1. The van der Waals surface area contributed by atoms with E-state index >= 15 is 0 Å². The average molecular weight is 326 g/mol. The Morgan fingerprint density at radius 3 is 2.35 bits per heavy atom. The number of ether oxygens (including phenoxy) is 1. The van der Waals surface area contributed by atoms with Gasteiger partial charge in [-0.25, -0.2) is 0 Å². The van der Waals surface area contributed by atoms with E-state index in [1.807, 2.05) is 42.5 Å². The quantitative estimate of drug-likeness (QED) is 0.764. The molecule has 0 aliphatic carbocycles. The van der Waals surface area contributed by atoms with E-state index < -0.39 is 5.92 Å². The molecular formula is C19H18O3S. The molecule has 0 N–H and O–H groups in total. The third-order valence-electron chi connectivity index (χ3n) is 3.90. The first-order chi connectivity index (χ1) is 11.2. The normalized spacial score (nSPS) is 17.5. The first kappa shape index (κ1) is 15.8. The predicted molar refractivity (Wildman–Crippen MR) is 91.7 cm³/mol. The zero-order valence-electron chi connectivity index (χ0n) is 12.7. The zero-order valence-corrected chi connectivity index (χ0v) is 13.6. The highest BCUT2D eigenvalue weighted by atomic mass is 32.2. The molecule has 118 valence electrons. The van der Waals surface area contributed by atoms with Gasteiger partial charge in [0.15, 0.2) is 10.9 Å². The van der Waals surface area contributed by atoms with Crippen LogP contribution in [0.15, 0.2) is 54.6 Å². The molecule has 1 aliphatic rings. The molecule has 0 spiro atoms. The molecule has 2 aromatic carbocycles. The molecule has 0 aromatic heterocycles. The van der Waals surface area contributed by atoms with Gasteiger partial charge in [0.25, 0.3) is 0 Å². The highest BCUT2D eigenvalue weighted by Gasteiger charge is 2.33. The van der Waals surface area contributed by atoms with Crippen LogP contribution >= 0.6 is 11.8 Å². The second-order valence-electron chi connectivity index (χ2n) is 5.56. The number of carbonyl (C=O) groups excluding carboxylic acids is 2. The molecule has 0 amide bonds. The van der Waals surface area contributed by atoms with Crippen LogP contribution in [0, 0.1) is 5.92 Å². The van der Waals surface area contributed by atoms with Gasteiger partial charge in [0.2, 0.25) is 0 Å². The smallest absolute Gasteiger partial charge is 0.200 e. The summed E-state index contributed by atoms with van der Waals surface area (Å²) in [6.07, 6.45) is 1.36. The summed E-state index contributed by atoms with van der Waals surface area (Å²) < 4.78 is 5.74. The Balaban J connectivity index is 1.51. The van der Waals surface area contributed by atoms with Crippen molar-refractivity contribution < 1.29 is 14.3 Å². The molecule has 0 bridgehead atoms. The molecule has 23 heavy (non-hydrogen) atoms. The summed E-state index contributed by atoms with van der Waals surface area (Å²) in [4.78, 5) is 23.3. The van der Waals surface area contributed by atoms with E-state index in [0.717, 1.165) is 29.5 Å². The maximum atomic E-state index is 11.7. The lowest BCUT2D eigenvalue weighted by atomic mass is 9.97. The number of ketones is 1. The van der Waals surface area contributed by atoms with E-state index in [4.69, 9.17) is 4.74 Å². The Morgan fingerprint density at radius 2 is 1.70 bits per heavy atom. The van der Waals surface area contributed by atoms with Crippen LogP contribution < -0.4 is 4.74 Å². The second kappa shape index (κ2) is 7.47. The van der Waals surface area contributed by atoms with Crippen LogP contribution in [-0.2, 0) is 22.4 Å². The van der Waals surface area contributed by atoms with Crippen LogP contribution in [-0.4, -0.2) is 23.3 Å². The van der Waals surface area contributed by atoms with Crippen molar-refractivity contribution in [2.75, 3.05) is 12.4 Å². The molecule has 1 atom stereocenters. The summed E-state index contributed by atoms with van der Waals surface area (Å²) in [7, 11) is 0. The minimum Gasteiger partial charge on any atom is -0.493 e. The van der Waals surface area contributed by atoms with Gasteiger partial charge in [-0.3, -0.25) is 9.59 Å². The number of thioether (sulfide) groups is 1. The molecule has 1 saturated heterocycles. The summed E-state index contributed by atoms with van der Waals surface area (Å²) >= 11 is 1.13. The van der Waals surface area contributed by atoms with Crippen molar-refractivity contribution in [1.29, 1.82) is 0 Å². The van der Waals surface area contributed by atoms with Gasteiger partial charge in [-0.05, 0) is 29.7 Å². The van der Waals surface area contributed by atoms with Gasteiger partial charge in [0.1, 0.15) is 5.75 Å². The van der Waals surface area contributed by atoms with Gasteiger partial charge in [0, 0.05) is 6.42 Å². The van der Waals surface area contributed by atoms with Crippen molar-refractivity contribution >= 4 is 22.7 Å². The van der Waals surface area contributed by atoms with Crippen LogP contribution in [0.4, 0.5) is 0 Å². The third-order valence-corrected chi connectivity index (χ3v) is 4.89. The SMILES string of the molecule is O=C1CSC(=O)C1Cc1ccc(OCCc2ccccc2)cc1. The first-order valence-electron chi connectivity index (χ1n) is 7.67. The first-order valence-corrected chi connectivity index (χ1v) is 8.66. The number of hydrogen-bond donors (Lipinski definition) is 0. The molecule has 1 heterocycles. The summed E-state index contributed by atoms with van der Waals surface area (Å²) in [5, 5.41) is -0.00168. The van der Waals surface area contributed by atoms with E-state index in [1.165, 1.54) is 5.56 Å². The number of carbonyl (C=O) groups is 2. The minimum absolute atomic E-state index is 0.00168. The molecule has 0 radical (unpaired) electrons. The molecule has 4 heteroatoms. The number of hydrogen-bond acceptors (Lipinski definition) is 4. The molecule has 0 saturated carbocycles. The molecule has 3 nitrogen and oxygen atoms in total. The highest BCUT2D eigenvalue weighted by molar-refractivity contribution is 8.15. The predicted octanol–water partition coefficient (Wildman–Crippen LogP) is 3.31. The number of rotatable bonds is 6. The van der Waals surface area contributed by atoms with E-state index in [1.54, 1.807) is 0 Å².